The normalized spacial score (nSPS) is 19.6. The minimum atomic E-state index is -0.854. The van der Waals surface area contributed by atoms with Gasteiger partial charge in [-0.15, -0.1) is 0 Å². The van der Waals surface area contributed by atoms with Crippen molar-refractivity contribution in [2.45, 2.75) is 45.3 Å². The first-order chi connectivity index (χ1) is 12.4. The second-order valence-electron chi connectivity index (χ2n) is 7.56. The average molecular weight is 359 g/mol. The Bertz CT molecular complexity index is 651. The van der Waals surface area contributed by atoms with Gasteiger partial charge in [0.25, 0.3) is 0 Å². The minimum absolute atomic E-state index is 0.0557. The highest BCUT2D eigenvalue weighted by Gasteiger charge is 2.37. The van der Waals surface area contributed by atoms with Crippen molar-refractivity contribution >= 4 is 11.9 Å². The molecule has 1 aliphatic carbocycles. The van der Waals surface area contributed by atoms with Crippen LogP contribution in [0.5, 0.6) is 0 Å². The summed E-state index contributed by atoms with van der Waals surface area (Å²) in [4.78, 5) is 30.1. The van der Waals surface area contributed by atoms with Crippen LogP contribution in [-0.4, -0.2) is 76.5 Å². The fourth-order valence-corrected chi connectivity index (χ4v) is 3.61. The molecule has 1 heterocycles. The quantitative estimate of drug-likeness (QED) is 0.801. The number of carbonyl (C=O) groups is 2. The van der Waals surface area contributed by atoms with Crippen LogP contribution in [0.4, 0.5) is 0 Å². The van der Waals surface area contributed by atoms with Gasteiger partial charge >= 0.3 is 5.97 Å². The molecule has 26 heavy (non-hydrogen) atoms. The van der Waals surface area contributed by atoms with Gasteiger partial charge in [-0.2, -0.15) is 0 Å². The summed E-state index contributed by atoms with van der Waals surface area (Å²) in [5.74, 6) is -0.798. The van der Waals surface area contributed by atoms with E-state index in [1.54, 1.807) is 6.92 Å². The van der Waals surface area contributed by atoms with E-state index in [2.05, 4.69) is 36.1 Å². The Morgan fingerprint density at radius 1 is 1.23 bits per heavy atom. The zero-order valence-electron chi connectivity index (χ0n) is 15.7. The molecule has 0 radical (unpaired) electrons. The number of carboxylic acids is 1. The lowest BCUT2D eigenvalue weighted by Crippen LogP contribution is -2.53. The van der Waals surface area contributed by atoms with Crippen molar-refractivity contribution in [2.75, 3.05) is 32.7 Å². The lowest BCUT2D eigenvalue weighted by molar-refractivity contribution is -0.144. The third kappa shape index (κ3) is 4.83. The van der Waals surface area contributed by atoms with Gasteiger partial charge in [0, 0.05) is 38.8 Å². The number of aliphatic carboxylic acids is 1. The lowest BCUT2D eigenvalue weighted by atomic mass is 10.1. The summed E-state index contributed by atoms with van der Waals surface area (Å²) >= 11 is 0. The van der Waals surface area contributed by atoms with Gasteiger partial charge < -0.3 is 10.0 Å². The van der Waals surface area contributed by atoms with Gasteiger partial charge in [0.15, 0.2) is 0 Å². The smallest absolute Gasteiger partial charge is 0.320 e. The van der Waals surface area contributed by atoms with Crippen molar-refractivity contribution in [3.8, 4) is 0 Å². The maximum atomic E-state index is 12.7. The van der Waals surface area contributed by atoms with E-state index in [9.17, 15) is 14.7 Å². The van der Waals surface area contributed by atoms with Crippen LogP contribution in [0.1, 0.15) is 30.9 Å². The van der Waals surface area contributed by atoms with E-state index in [-0.39, 0.29) is 18.5 Å². The van der Waals surface area contributed by atoms with Gasteiger partial charge in [0.2, 0.25) is 5.91 Å². The number of rotatable bonds is 7. The maximum absolute atomic E-state index is 12.7. The van der Waals surface area contributed by atoms with Crippen LogP contribution in [0.25, 0.3) is 0 Å². The molecule has 142 valence electrons. The van der Waals surface area contributed by atoms with E-state index in [4.69, 9.17) is 0 Å². The zero-order valence-corrected chi connectivity index (χ0v) is 15.7. The largest absolute Gasteiger partial charge is 0.480 e. The number of carboxylic acid groups (broad SMARTS) is 1. The molecule has 2 fully saturated rings. The fourth-order valence-electron chi connectivity index (χ4n) is 3.61. The number of nitrogens with zero attached hydrogens (tertiary/aromatic N) is 3. The Morgan fingerprint density at radius 2 is 1.92 bits per heavy atom. The molecule has 1 aliphatic heterocycles. The molecule has 1 aromatic rings. The number of amides is 1. The summed E-state index contributed by atoms with van der Waals surface area (Å²) < 4.78 is 0. The van der Waals surface area contributed by atoms with Gasteiger partial charge in [-0.05, 0) is 32.3 Å². The van der Waals surface area contributed by atoms with E-state index in [0.717, 1.165) is 32.5 Å². The Hall–Kier alpha value is -1.92. The van der Waals surface area contributed by atoms with Crippen LogP contribution >= 0.6 is 0 Å². The van der Waals surface area contributed by atoms with Crippen molar-refractivity contribution < 1.29 is 14.7 Å². The van der Waals surface area contributed by atoms with Crippen molar-refractivity contribution in [2.24, 2.45) is 0 Å². The van der Waals surface area contributed by atoms with E-state index >= 15 is 0 Å². The zero-order chi connectivity index (χ0) is 18.7. The highest BCUT2D eigenvalue weighted by molar-refractivity contribution is 5.80. The molecule has 1 amide bonds. The molecule has 6 heteroatoms. The van der Waals surface area contributed by atoms with Crippen LogP contribution < -0.4 is 0 Å². The second kappa shape index (κ2) is 8.18. The van der Waals surface area contributed by atoms with Crippen molar-refractivity contribution in [3.05, 3.63) is 35.4 Å². The SMILES string of the molecule is Cc1cccc(CN2CCN(C(=O)CN(C3CC3)C(C)C(=O)O)CC2)c1. The second-order valence-corrected chi connectivity index (χ2v) is 7.56. The van der Waals surface area contributed by atoms with E-state index < -0.39 is 12.0 Å². The topological polar surface area (TPSA) is 64.1 Å². The summed E-state index contributed by atoms with van der Waals surface area (Å²) in [5, 5.41) is 9.27. The van der Waals surface area contributed by atoms with Crippen LogP contribution in [0.2, 0.25) is 0 Å². The molecule has 1 aromatic carbocycles. The lowest BCUT2D eigenvalue weighted by Gasteiger charge is -2.36. The van der Waals surface area contributed by atoms with E-state index in [1.165, 1.54) is 11.1 Å². The van der Waals surface area contributed by atoms with Crippen LogP contribution in [0.15, 0.2) is 24.3 Å². The monoisotopic (exact) mass is 359 g/mol. The molecular weight excluding hydrogens is 330 g/mol. The van der Waals surface area contributed by atoms with Crippen molar-refractivity contribution in [1.29, 1.82) is 0 Å². The number of hydrogen-bond acceptors (Lipinski definition) is 4. The third-order valence-corrected chi connectivity index (χ3v) is 5.40. The Morgan fingerprint density at radius 3 is 2.50 bits per heavy atom. The summed E-state index contributed by atoms with van der Waals surface area (Å²) in [6.45, 7) is 8.05. The number of carbonyl (C=O) groups excluding carboxylic acids is 1. The predicted molar refractivity (Wildman–Crippen MR) is 99.9 cm³/mol. The van der Waals surface area contributed by atoms with Crippen LogP contribution in [0, 0.1) is 6.92 Å². The minimum Gasteiger partial charge on any atom is -0.480 e. The summed E-state index contributed by atoms with van der Waals surface area (Å²) in [5.41, 5.74) is 2.57. The molecule has 1 saturated heterocycles. The number of piperazine rings is 1. The summed E-state index contributed by atoms with van der Waals surface area (Å²) in [6, 6.07) is 8.19. The maximum Gasteiger partial charge on any atom is 0.320 e. The van der Waals surface area contributed by atoms with Gasteiger partial charge in [0.1, 0.15) is 6.04 Å². The fraction of sp³-hybridized carbons (Fsp3) is 0.600. The number of hydrogen-bond donors (Lipinski definition) is 1. The summed E-state index contributed by atoms with van der Waals surface area (Å²) in [6.07, 6.45) is 1.99. The Kier molecular flexibility index (Phi) is 5.94. The van der Waals surface area contributed by atoms with Crippen LogP contribution in [-0.2, 0) is 16.1 Å². The first-order valence-corrected chi connectivity index (χ1v) is 9.48. The van der Waals surface area contributed by atoms with Gasteiger partial charge in [-0.25, -0.2) is 0 Å². The predicted octanol–water partition coefficient (Wildman–Crippen LogP) is 1.58. The first-order valence-electron chi connectivity index (χ1n) is 9.48. The molecule has 0 spiro atoms. The number of aryl methyl sites for hydroxylation is 1. The highest BCUT2D eigenvalue weighted by atomic mass is 16.4. The Balaban J connectivity index is 1.49. The first kappa shape index (κ1) is 18.9. The van der Waals surface area contributed by atoms with Gasteiger partial charge in [-0.1, -0.05) is 29.8 Å². The van der Waals surface area contributed by atoms with Crippen molar-refractivity contribution in [3.63, 3.8) is 0 Å². The molecule has 1 saturated carbocycles. The van der Waals surface area contributed by atoms with Crippen LogP contribution in [0.3, 0.4) is 0 Å². The molecule has 1 atom stereocenters. The molecular formula is C20H29N3O3. The molecule has 2 aliphatic rings. The third-order valence-electron chi connectivity index (χ3n) is 5.40. The summed E-state index contributed by atoms with van der Waals surface area (Å²) in [7, 11) is 0. The van der Waals surface area contributed by atoms with Crippen molar-refractivity contribution in [1.82, 2.24) is 14.7 Å². The molecule has 0 aromatic heterocycles. The van der Waals surface area contributed by atoms with E-state index in [0.29, 0.717) is 13.1 Å². The molecule has 0 bridgehead atoms. The molecule has 6 nitrogen and oxygen atoms in total. The van der Waals surface area contributed by atoms with Gasteiger partial charge in [-0.3, -0.25) is 19.4 Å². The molecule has 1 N–H and O–H groups in total. The highest BCUT2D eigenvalue weighted by Crippen LogP contribution is 2.28. The van der Waals surface area contributed by atoms with Gasteiger partial charge in [0.05, 0.1) is 6.54 Å². The van der Waals surface area contributed by atoms with E-state index in [1.807, 2.05) is 9.80 Å². The Labute approximate surface area is 155 Å². The number of benzene rings is 1. The molecule has 3 rings (SSSR count). The average Bonchev–Trinajstić information content (AvgIpc) is 3.44. The molecule has 1 unspecified atom stereocenters. The standard InChI is InChI=1S/C20H29N3O3/c1-15-4-3-5-17(12-15)13-21-8-10-22(11-9-21)19(24)14-23(18-6-7-18)16(2)20(25)26/h3-5,12,16,18H,6-11,13-14H2,1-2H3,(H,25,26).